The molecular weight excluding hydrogens is 184 g/mol. The van der Waals surface area contributed by atoms with E-state index in [1.807, 2.05) is 0 Å². The highest BCUT2D eigenvalue weighted by molar-refractivity contribution is 5.03. The lowest BCUT2D eigenvalue weighted by Crippen LogP contribution is -2.51. The Kier molecular flexibility index (Phi) is 2.35. The van der Waals surface area contributed by atoms with Crippen LogP contribution in [0.2, 0.25) is 0 Å². The Balaban J connectivity index is 1.80. The summed E-state index contributed by atoms with van der Waals surface area (Å²) in [4.78, 5) is 0. The molecule has 1 atom stereocenters. The van der Waals surface area contributed by atoms with Gasteiger partial charge in [0.15, 0.2) is 0 Å². The Bertz CT molecular complexity index is 210. The molecule has 0 amide bonds. The van der Waals surface area contributed by atoms with Crippen molar-refractivity contribution < 1.29 is 4.74 Å². The first kappa shape index (κ1) is 10.1. The van der Waals surface area contributed by atoms with E-state index >= 15 is 0 Å². The molecule has 4 bridgehead atoms. The summed E-state index contributed by atoms with van der Waals surface area (Å²) >= 11 is 0. The fraction of sp³-hybridized carbons (Fsp3) is 1.00. The summed E-state index contributed by atoms with van der Waals surface area (Å²) in [6.45, 7) is 5.36. The topological polar surface area (TPSA) is 9.23 Å². The first-order chi connectivity index (χ1) is 7.22. The molecule has 4 rings (SSSR count). The smallest absolute Gasteiger partial charge is 0.0603 e. The first-order valence-electron chi connectivity index (χ1n) is 6.83. The molecule has 4 fully saturated rings. The van der Waals surface area contributed by atoms with Gasteiger partial charge in [-0.25, -0.2) is 0 Å². The van der Waals surface area contributed by atoms with Gasteiger partial charge in [-0.15, -0.1) is 0 Å². The molecule has 4 saturated carbocycles. The van der Waals surface area contributed by atoms with E-state index in [4.69, 9.17) is 4.74 Å². The molecule has 0 saturated heterocycles. The number of ether oxygens (including phenoxy) is 1. The standard InChI is InChI=1S/C14H24O/c1-3-15-10(2)14-7-11-4-12(8-14)6-13(5-11)9-14/h10-13H,3-9H2,1-2H3. The molecule has 1 nitrogen and oxygen atoms in total. The molecule has 0 heterocycles. The Morgan fingerprint density at radius 3 is 1.93 bits per heavy atom. The van der Waals surface area contributed by atoms with Gasteiger partial charge in [-0.05, 0) is 75.5 Å². The van der Waals surface area contributed by atoms with Gasteiger partial charge in [-0.3, -0.25) is 0 Å². The zero-order valence-electron chi connectivity index (χ0n) is 10.2. The summed E-state index contributed by atoms with van der Waals surface area (Å²) in [7, 11) is 0. The van der Waals surface area contributed by atoms with E-state index in [1.54, 1.807) is 0 Å². The van der Waals surface area contributed by atoms with Crippen molar-refractivity contribution in [3.63, 3.8) is 0 Å². The van der Waals surface area contributed by atoms with Crippen LogP contribution in [-0.4, -0.2) is 12.7 Å². The minimum Gasteiger partial charge on any atom is -0.378 e. The van der Waals surface area contributed by atoms with Crippen molar-refractivity contribution in [2.75, 3.05) is 6.61 Å². The number of rotatable bonds is 3. The molecule has 15 heavy (non-hydrogen) atoms. The van der Waals surface area contributed by atoms with E-state index in [0.29, 0.717) is 11.5 Å². The largest absolute Gasteiger partial charge is 0.378 e. The number of hydrogen-bond acceptors (Lipinski definition) is 1. The maximum Gasteiger partial charge on any atom is 0.0603 e. The van der Waals surface area contributed by atoms with Crippen molar-refractivity contribution in [2.45, 2.75) is 58.5 Å². The van der Waals surface area contributed by atoms with Crippen LogP contribution < -0.4 is 0 Å². The van der Waals surface area contributed by atoms with Gasteiger partial charge in [0.25, 0.3) is 0 Å². The Hall–Kier alpha value is -0.0400. The minimum atomic E-state index is 0.510. The van der Waals surface area contributed by atoms with Crippen molar-refractivity contribution in [2.24, 2.45) is 23.2 Å². The first-order valence-corrected chi connectivity index (χ1v) is 6.83. The predicted molar refractivity (Wildman–Crippen MR) is 61.7 cm³/mol. The maximum absolute atomic E-state index is 5.93. The minimum absolute atomic E-state index is 0.510. The zero-order chi connectivity index (χ0) is 10.5. The van der Waals surface area contributed by atoms with Crippen LogP contribution in [0.25, 0.3) is 0 Å². The highest BCUT2D eigenvalue weighted by Gasteiger charge is 2.53. The highest BCUT2D eigenvalue weighted by Crippen LogP contribution is 2.61. The molecule has 1 heteroatoms. The summed E-state index contributed by atoms with van der Waals surface area (Å²) in [6, 6.07) is 0. The molecule has 4 aliphatic rings. The lowest BCUT2D eigenvalue weighted by molar-refractivity contribution is -0.133. The fourth-order valence-electron chi connectivity index (χ4n) is 5.10. The zero-order valence-corrected chi connectivity index (χ0v) is 10.2. The van der Waals surface area contributed by atoms with Crippen molar-refractivity contribution in [3.05, 3.63) is 0 Å². The van der Waals surface area contributed by atoms with Gasteiger partial charge in [-0.2, -0.15) is 0 Å². The van der Waals surface area contributed by atoms with E-state index in [1.165, 1.54) is 38.5 Å². The van der Waals surface area contributed by atoms with Crippen molar-refractivity contribution in [1.29, 1.82) is 0 Å². The Morgan fingerprint density at radius 2 is 1.53 bits per heavy atom. The van der Waals surface area contributed by atoms with Crippen LogP contribution in [0.15, 0.2) is 0 Å². The third-order valence-corrected chi connectivity index (χ3v) is 5.36. The van der Waals surface area contributed by atoms with Crippen molar-refractivity contribution >= 4 is 0 Å². The van der Waals surface area contributed by atoms with Crippen LogP contribution in [0.4, 0.5) is 0 Å². The molecule has 4 aliphatic carbocycles. The van der Waals surface area contributed by atoms with Gasteiger partial charge < -0.3 is 4.74 Å². The predicted octanol–water partition coefficient (Wildman–Crippen LogP) is 3.63. The Morgan fingerprint density at radius 1 is 1.07 bits per heavy atom. The fourth-order valence-corrected chi connectivity index (χ4v) is 5.10. The Labute approximate surface area is 93.6 Å². The monoisotopic (exact) mass is 208 g/mol. The quantitative estimate of drug-likeness (QED) is 0.688. The summed E-state index contributed by atoms with van der Waals surface area (Å²) in [5.74, 6) is 3.16. The molecule has 0 aromatic rings. The summed E-state index contributed by atoms with van der Waals surface area (Å²) in [6.07, 6.45) is 9.55. The summed E-state index contributed by atoms with van der Waals surface area (Å²) in [5.41, 5.74) is 0.588. The van der Waals surface area contributed by atoms with Crippen LogP contribution in [0.5, 0.6) is 0 Å². The molecule has 0 aromatic carbocycles. The second kappa shape index (κ2) is 3.48. The lowest BCUT2D eigenvalue weighted by atomic mass is 9.48. The van der Waals surface area contributed by atoms with Gasteiger partial charge in [0.2, 0.25) is 0 Å². The maximum atomic E-state index is 5.93. The van der Waals surface area contributed by atoms with Gasteiger partial charge >= 0.3 is 0 Å². The molecule has 1 unspecified atom stereocenters. The number of hydrogen-bond donors (Lipinski definition) is 0. The van der Waals surface area contributed by atoms with Crippen LogP contribution in [0.1, 0.15) is 52.4 Å². The van der Waals surface area contributed by atoms with Crippen LogP contribution in [-0.2, 0) is 4.74 Å². The van der Waals surface area contributed by atoms with E-state index in [0.717, 1.165) is 24.4 Å². The molecular formula is C14H24O. The van der Waals surface area contributed by atoms with E-state index < -0.39 is 0 Å². The van der Waals surface area contributed by atoms with Gasteiger partial charge in [0.05, 0.1) is 6.10 Å². The molecule has 0 radical (unpaired) electrons. The van der Waals surface area contributed by atoms with Gasteiger partial charge in [-0.1, -0.05) is 0 Å². The van der Waals surface area contributed by atoms with E-state index in [-0.39, 0.29) is 0 Å². The third kappa shape index (κ3) is 1.54. The van der Waals surface area contributed by atoms with E-state index in [2.05, 4.69) is 13.8 Å². The van der Waals surface area contributed by atoms with Gasteiger partial charge in [0, 0.05) is 6.61 Å². The van der Waals surface area contributed by atoms with Crippen molar-refractivity contribution in [3.8, 4) is 0 Å². The molecule has 86 valence electrons. The van der Waals surface area contributed by atoms with Gasteiger partial charge in [0.1, 0.15) is 0 Å². The summed E-state index contributed by atoms with van der Waals surface area (Å²) < 4.78 is 5.93. The average molecular weight is 208 g/mol. The SMILES string of the molecule is CCOC(C)C12CC3CC(CC(C3)C1)C2. The van der Waals surface area contributed by atoms with Crippen LogP contribution in [0, 0.1) is 23.2 Å². The summed E-state index contributed by atoms with van der Waals surface area (Å²) in [5, 5.41) is 0. The molecule has 0 aliphatic heterocycles. The van der Waals surface area contributed by atoms with E-state index in [9.17, 15) is 0 Å². The normalized spacial score (nSPS) is 49.6. The molecule has 0 N–H and O–H groups in total. The van der Waals surface area contributed by atoms with Crippen LogP contribution >= 0.6 is 0 Å². The second-order valence-corrected chi connectivity index (χ2v) is 6.38. The van der Waals surface area contributed by atoms with Crippen LogP contribution in [0.3, 0.4) is 0 Å². The third-order valence-electron chi connectivity index (χ3n) is 5.36. The molecule has 0 aromatic heterocycles. The highest BCUT2D eigenvalue weighted by atomic mass is 16.5. The second-order valence-electron chi connectivity index (χ2n) is 6.38. The lowest BCUT2D eigenvalue weighted by Gasteiger charge is -2.58. The van der Waals surface area contributed by atoms with Crippen molar-refractivity contribution in [1.82, 2.24) is 0 Å². The molecule has 0 spiro atoms. The average Bonchev–Trinajstić information content (AvgIpc) is 2.15.